The summed E-state index contributed by atoms with van der Waals surface area (Å²) in [6, 6.07) is 15.8. The number of halogens is 1. The molecular weight excluding hydrogens is 358 g/mol. The van der Waals surface area contributed by atoms with E-state index in [1.807, 2.05) is 62.4 Å². The zero-order chi connectivity index (χ0) is 19.0. The third kappa shape index (κ3) is 3.71. The number of hydrogen-bond acceptors (Lipinski definition) is 4. The summed E-state index contributed by atoms with van der Waals surface area (Å²) in [4.78, 5) is 21.9. The maximum absolute atomic E-state index is 12.7. The number of fused-ring (bicyclic) bond motifs is 1. The number of anilines is 2. The first kappa shape index (κ1) is 17.7. The van der Waals surface area contributed by atoms with Gasteiger partial charge in [-0.3, -0.25) is 4.79 Å². The second kappa shape index (κ2) is 7.12. The van der Waals surface area contributed by atoms with Crippen LogP contribution in [0.5, 0.6) is 0 Å². The summed E-state index contributed by atoms with van der Waals surface area (Å²) in [6.45, 7) is 3.92. The fourth-order valence-electron chi connectivity index (χ4n) is 3.59. The molecule has 0 amide bonds. The predicted molar refractivity (Wildman–Crippen MR) is 108 cm³/mol. The topological polar surface area (TPSA) is 54.9 Å². The lowest BCUT2D eigenvalue weighted by Crippen LogP contribution is -2.22. The van der Waals surface area contributed by atoms with Crippen molar-refractivity contribution in [1.82, 2.24) is 9.97 Å². The number of carbonyl (C=O) groups excluding carboxylic acids is 1. The zero-order valence-electron chi connectivity index (χ0n) is 15.3. The van der Waals surface area contributed by atoms with Crippen LogP contribution in [0.2, 0.25) is 5.02 Å². The molecule has 1 aliphatic rings. The van der Waals surface area contributed by atoms with Crippen molar-refractivity contribution >= 4 is 29.0 Å². The van der Waals surface area contributed by atoms with E-state index in [1.165, 1.54) is 5.56 Å². The van der Waals surface area contributed by atoms with Gasteiger partial charge in [-0.05, 0) is 56.0 Å². The van der Waals surface area contributed by atoms with Gasteiger partial charge in [0.15, 0.2) is 5.78 Å². The van der Waals surface area contributed by atoms with Crippen LogP contribution in [0.1, 0.15) is 45.2 Å². The molecule has 0 bridgehead atoms. The Morgan fingerprint density at radius 2 is 1.81 bits per heavy atom. The molecule has 0 spiro atoms. The third-order valence-electron chi connectivity index (χ3n) is 4.94. The van der Waals surface area contributed by atoms with E-state index in [0.29, 0.717) is 29.4 Å². The number of hydrogen-bond donors (Lipinski definition) is 1. The van der Waals surface area contributed by atoms with Gasteiger partial charge < -0.3 is 5.32 Å². The lowest BCUT2D eigenvalue weighted by molar-refractivity contribution is 0.0962. The van der Waals surface area contributed by atoms with Crippen LogP contribution in [0.3, 0.4) is 0 Å². The summed E-state index contributed by atoms with van der Waals surface area (Å²) in [5.74, 6) is 0.709. The van der Waals surface area contributed by atoms with Crippen LogP contribution >= 0.6 is 11.6 Å². The van der Waals surface area contributed by atoms with Gasteiger partial charge >= 0.3 is 0 Å². The van der Waals surface area contributed by atoms with E-state index >= 15 is 0 Å². The minimum Gasteiger partial charge on any atom is -0.324 e. The van der Waals surface area contributed by atoms with Gasteiger partial charge in [-0.1, -0.05) is 41.4 Å². The quantitative estimate of drug-likeness (QED) is 0.663. The Kier molecular flexibility index (Phi) is 4.66. The standard InChI is InChI=1S/C22H20ClN3O/c1-13-6-8-18(9-7-13)25-22-24-14(2)21-19(26-22)11-16(12-20(21)27)15-4-3-5-17(23)10-15/h3-10,16H,11-12H2,1-2H3,(H,24,25,26)/t16-/m1/s1. The van der Waals surface area contributed by atoms with Gasteiger partial charge in [-0.25, -0.2) is 9.97 Å². The predicted octanol–water partition coefficient (Wildman–Crippen LogP) is 5.40. The molecule has 1 aromatic heterocycles. The van der Waals surface area contributed by atoms with Crippen molar-refractivity contribution in [3.63, 3.8) is 0 Å². The molecule has 0 saturated heterocycles. The summed E-state index contributed by atoms with van der Waals surface area (Å²) >= 11 is 6.13. The van der Waals surface area contributed by atoms with Crippen LogP contribution in [-0.4, -0.2) is 15.8 Å². The smallest absolute Gasteiger partial charge is 0.227 e. The van der Waals surface area contributed by atoms with Crippen molar-refractivity contribution < 1.29 is 4.79 Å². The molecule has 0 saturated carbocycles. The van der Waals surface area contributed by atoms with Crippen LogP contribution in [0.25, 0.3) is 0 Å². The average Bonchev–Trinajstić information content (AvgIpc) is 2.63. The first-order chi connectivity index (χ1) is 13.0. The number of nitrogens with one attached hydrogen (secondary N) is 1. The number of aromatic nitrogens is 2. The average molecular weight is 378 g/mol. The zero-order valence-corrected chi connectivity index (χ0v) is 16.0. The van der Waals surface area contributed by atoms with E-state index in [0.717, 1.165) is 22.6 Å². The van der Waals surface area contributed by atoms with E-state index in [-0.39, 0.29) is 11.7 Å². The molecule has 27 heavy (non-hydrogen) atoms. The van der Waals surface area contributed by atoms with Gasteiger partial charge in [0.05, 0.1) is 17.0 Å². The minimum absolute atomic E-state index is 0.0882. The van der Waals surface area contributed by atoms with E-state index < -0.39 is 0 Å². The fraction of sp³-hybridized carbons (Fsp3) is 0.227. The number of ketones is 1. The van der Waals surface area contributed by atoms with Gasteiger partial charge in [-0.2, -0.15) is 0 Å². The van der Waals surface area contributed by atoms with E-state index in [1.54, 1.807) is 0 Å². The van der Waals surface area contributed by atoms with Gasteiger partial charge in [-0.15, -0.1) is 0 Å². The van der Waals surface area contributed by atoms with E-state index in [9.17, 15) is 4.79 Å². The third-order valence-corrected chi connectivity index (χ3v) is 5.18. The molecule has 0 aliphatic heterocycles. The van der Waals surface area contributed by atoms with Crippen LogP contribution in [0.15, 0.2) is 48.5 Å². The Bertz CT molecular complexity index is 1010. The Labute approximate surface area is 163 Å². The number of rotatable bonds is 3. The number of carbonyl (C=O) groups is 1. The van der Waals surface area contributed by atoms with Crippen molar-refractivity contribution in [2.75, 3.05) is 5.32 Å². The normalized spacial score (nSPS) is 16.1. The highest BCUT2D eigenvalue weighted by atomic mass is 35.5. The molecule has 1 N–H and O–H groups in total. The molecular formula is C22H20ClN3O. The van der Waals surface area contributed by atoms with E-state index in [4.69, 9.17) is 11.6 Å². The van der Waals surface area contributed by atoms with Crippen LogP contribution in [0.4, 0.5) is 11.6 Å². The van der Waals surface area contributed by atoms with Crippen molar-refractivity contribution in [2.45, 2.75) is 32.6 Å². The monoisotopic (exact) mass is 377 g/mol. The lowest BCUT2D eigenvalue weighted by Gasteiger charge is -2.24. The van der Waals surface area contributed by atoms with Crippen LogP contribution in [0, 0.1) is 13.8 Å². The first-order valence-electron chi connectivity index (χ1n) is 8.99. The fourth-order valence-corrected chi connectivity index (χ4v) is 3.79. The molecule has 0 unspecified atom stereocenters. The Hall–Kier alpha value is -2.72. The largest absolute Gasteiger partial charge is 0.324 e. The molecule has 0 radical (unpaired) electrons. The highest BCUT2D eigenvalue weighted by Crippen LogP contribution is 2.34. The minimum atomic E-state index is 0.0882. The van der Waals surface area contributed by atoms with Crippen LogP contribution < -0.4 is 5.32 Å². The van der Waals surface area contributed by atoms with Crippen molar-refractivity contribution in [3.8, 4) is 0 Å². The molecule has 1 aliphatic carbocycles. The summed E-state index contributed by atoms with van der Waals surface area (Å²) in [7, 11) is 0. The van der Waals surface area contributed by atoms with Gasteiger partial charge in [0.1, 0.15) is 0 Å². The van der Waals surface area contributed by atoms with Gasteiger partial charge in [0, 0.05) is 17.1 Å². The Morgan fingerprint density at radius 3 is 2.56 bits per heavy atom. The summed E-state index contributed by atoms with van der Waals surface area (Å²) in [5.41, 5.74) is 5.39. The van der Waals surface area contributed by atoms with Crippen LogP contribution in [-0.2, 0) is 6.42 Å². The molecule has 4 nitrogen and oxygen atoms in total. The van der Waals surface area contributed by atoms with Crippen molar-refractivity contribution in [3.05, 3.63) is 81.6 Å². The summed E-state index contributed by atoms with van der Waals surface area (Å²) in [6.07, 6.45) is 1.16. The molecule has 1 heterocycles. The first-order valence-corrected chi connectivity index (χ1v) is 9.37. The molecule has 0 fully saturated rings. The van der Waals surface area contributed by atoms with Crippen molar-refractivity contribution in [1.29, 1.82) is 0 Å². The summed E-state index contributed by atoms with van der Waals surface area (Å²) in [5, 5.41) is 3.93. The maximum atomic E-state index is 12.7. The van der Waals surface area contributed by atoms with Gasteiger partial charge in [0.25, 0.3) is 0 Å². The van der Waals surface area contributed by atoms with Gasteiger partial charge in [0.2, 0.25) is 5.95 Å². The molecule has 4 rings (SSSR count). The molecule has 3 aromatic rings. The highest BCUT2D eigenvalue weighted by Gasteiger charge is 2.30. The molecule has 5 heteroatoms. The number of benzene rings is 2. The second-order valence-electron chi connectivity index (χ2n) is 7.03. The number of aryl methyl sites for hydroxylation is 2. The molecule has 1 atom stereocenters. The maximum Gasteiger partial charge on any atom is 0.227 e. The second-order valence-corrected chi connectivity index (χ2v) is 7.47. The Morgan fingerprint density at radius 1 is 1.04 bits per heavy atom. The number of nitrogens with zero attached hydrogens (tertiary/aromatic N) is 2. The highest BCUT2D eigenvalue weighted by molar-refractivity contribution is 6.30. The lowest BCUT2D eigenvalue weighted by atomic mass is 9.81. The Balaban J connectivity index is 1.66. The molecule has 2 aromatic carbocycles. The summed E-state index contributed by atoms with van der Waals surface area (Å²) < 4.78 is 0. The molecule has 136 valence electrons. The number of Topliss-reactive ketones (excluding diaryl/α,β-unsaturated/α-hetero) is 1. The SMILES string of the molecule is Cc1ccc(Nc2nc(C)c3c(n2)C[C@@H](c2cccc(Cl)c2)CC3=O)cc1. The van der Waals surface area contributed by atoms with E-state index in [2.05, 4.69) is 15.3 Å². The van der Waals surface area contributed by atoms with Crippen molar-refractivity contribution in [2.24, 2.45) is 0 Å².